The summed E-state index contributed by atoms with van der Waals surface area (Å²) in [7, 11) is 0. The number of hydrogen-bond donors (Lipinski definition) is 0. The highest BCUT2D eigenvalue weighted by Gasteiger charge is 2.18. The lowest BCUT2D eigenvalue weighted by Crippen LogP contribution is -1.98. The Morgan fingerprint density at radius 1 is 1.18 bits per heavy atom. The van der Waals surface area contributed by atoms with Crippen molar-refractivity contribution in [3.63, 3.8) is 0 Å². The maximum Gasteiger partial charge on any atom is 0.0125 e. The van der Waals surface area contributed by atoms with Gasteiger partial charge in [-0.05, 0) is 30.2 Å². The summed E-state index contributed by atoms with van der Waals surface area (Å²) in [4.78, 5) is 0. The fourth-order valence-corrected chi connectivity index (χ4v) is 2.38. The van der Waals surface area contributed by atoms with Crippen molar-refractivity contribution in [2.24, 2.45) is 0 Å². The lowest BCUT2D eigenvalue weighted by atomic mass is 10.1. The minimum Gasteiger partial charge on any atom is -0.161 e. The maximum absolute atomic E-state index is 2.26. The summed E-state index contributed by atoms with van der Waals surface area (Å²) >= 11 is 1.99. The Labute approximate surface area is 72.0 Å². The third-order valence-corrected chi connectivity index (χ3v) is 3.35. The highest BCUT2D eigenvalue weighted by molar-refractivity contribution is 7.99. The van der Waals surface area contributed by atoms with E-state index in [1.807, 2.05) is 11.8 Å². The smallest absolute Gasteiger partial charge is 0.0125 e. The molecule has 1 heteroatoms. The highest BCUT2D eigenvalue weighted by atomic mass is 32.2. The zero-order valence-electron chi connectivity index (χ0n) is 6.71. The van der Waals surface area contributed by atoms with E-state index in [2.05, 4.69) is 30.5 Å². The molecule has 0 spiro atoms. The van der Waals surface area contributed by atoms with Gasteiger partial charge in [-0.1, -0.05) is 24.3 Å². The number of rotatable bonds is 1. The second-order valence-electron chi connectivity index (χ2n) is 3.03. The van der Waals surface area contributed by atoms with Gasteiger partial charge in [-0.25, -0.2) is 0 Å². The molecule has 0 bridgehead atoms. The Hall–Kier alpha value is -0.430. The predicted octanol–water partition coefficient (Wildman–Crippen LogP) is 2.52. The van der Waals surface area contributed by atoms with Crippen molar-refractivity contribution in [2.45, 2.75) is 18.1 Å². The van der Waals surface area contributed by atoms with Gasteiger partial charge in [0.2, 0.25) is 0 Å². The quantitative estimate of drug-likeness (QED) is 0.614. The van der Waals surface area contributed by atoms with Crippen LogP contribution in [0.5, 0.6) is 0 Å². The molecule has 0 amide bonds. The summed E-state index contributed by atoms with van der Waals surface area (Å²) in [5.74, 6) is 0. The van der Waals surface area contributed by atoms with E-state index in [1.165, 1.54) is 12.8 Å². The number of hydrogen-bond acceptors (Lipinski definition) is 1. The maximum atomic E-state index is 2.26. The summed E-state index contributed by atoms with van der Waals surface area (Å²) in [5.41, 5.74) is 3.12. The van der Waals surface area contributed by atoms with E-state index in [4.69, 9.17) is 0 Å². The molecule has 2 rings (SSSR count). The van der Waals surface area contributed by atoms with Crippen LogP contribution in [0, 0.1) is 0 Å². The van der Waals surface area contributed by atoms with Crippen molar-refractivity contribution in [2.75, 3.05) is 6.26 Å². The second kappa shape index (κ2) is 2.90. The van der Waals surface area contributed by atoms with Crippen molar-refractivity contribution in [3.05, 3.63) is 35.4 Å². The first-order chi connectivity index (χ1) is 5.40. The molecule has 58 valence electrons. The van der Waals surface area contributed by atoms with Gasteiger partial charge in [0.05, 0.1) is 0 Å². The van der Waals surface area contributed by atoms with Crippen LogP contribution >= 0.6 is 11.8 Å². The number of thioether (sulfide) groups is 1. The molecule has 1 aromatic carbocycles. The molecule has 1 aliphatic rings. The minimum absolute atomic E-state index is 0.840. The van der Waals surface area contributed by atoms with Crippen LogP contribution in [0.3, 0.4) is 0 Å². The molecule has 0 saturated heterocycles. The molecule has 0 N–H and O–H groups in total. The van der Waals surface area contributed by atoms with Gasteiger partial charge in [-0.2, -0.15) is 11.8 Å². The molecule has 0 fully saturated rings. The van der Waals surface area contributed by atoms with Gasteiger partial charge >= 0.3 is 0 Å². The van der Waals surface area contributed by atoms with Crippen LogP contribution in [-0.2, 0) is 12.8 Å². The first-order valence-electron chi connectivity index (χ1n) is 3.99. The van der Waals surface area contributed by atoms with Crippen LogP contribution in [0.25, 0.3) is 0 Å². The molecule has 0 radical (unpaired) electrons. The Kier molecular flexibility index (Phi) is 1.91. The van der Waals surface area contributed by atoms with E-state index in [9.17, 15) is 0 Å². The van der Waals surface area contributed by atoms with Crippen molar-refractivity contribution in [1.29, 1.82) is 0 Å². The molecule has 0 nitrogen and oxygen atoms in total. The summed E-state index contributed by atoms with van der Waals surface area (Å²) in [6.45, 7) is 0. The summed E-state index contributed by atoms with van der Waals surface area (Å²) in [6.07, 6.45) is 4.76. The van der Waals surface area contributed by atoms with Gasteiger partial charge in [0.15, 0.2) is 0 Å². The Balaban J connectivity index is 2.27. The van der Waals surface area contributed by atoms with Crippen molar-refractivity contribution >= 4 is 11.8 Å². The summed E-state index contributed by atoms with van der Waals surface area (Å²) in [6, 6.07) is 8.79. The van der Waals surface area contributed by atoms with Gasteiger partial charge in [0, 0.05) is 5.25 Å². The topological polar surface area (TPSA) is 0 Å². The van der Waals surface area contributed by atoms with Gasteiger partial charge < -0.3 is 0 Å². The van der Waals surface area contributed by atoms with Crippen LogP contribution in [0.2, 0.25) is 0 Å². The van der Waals surface area contributed by atoms with E-state index in [-0.39, 0.29) is 0 Å². The van der Waals surface area contributed by atoms with Crippen molar-refractivity contribution in [1.82, 2.24) is 0 Å². The third-order valence-electron chi connectivity index (χ3n) is 2.35. The Morgan fingerprint density at radius 3 is 2.18 bits per heavy atom. The van der Waals surface area contributed by atoms with Gasteiger partial charge in [-0.15, -0.1) is 0 Å². The van der Waals surface area contributed by atoms with Crippen LogP contribution in [0.1, 0.15) is 11.1 Å². The monoisotopic (exact) mass is 164 g/mol. The summed E-state index contributed by atoms with van der Waals surface area (Å²) in [5, 5.41) is 0.840. The number of benzene rings is 1. The molecule has 11 heavy (non-hydrogen) atoms. The van der Waals surface area contributed by atoms with Crippen LogP contribution in [0.4, 0.5) is 0 Å². The third kappa shape index (κ3) is 1.30. The zero-order valence-corrected chi connectivity index (χ0v) is 7.53. The predicted molar refractivity (Wildman–Crippen MR) is 51.2 cm³/mol. The number of fused-ring (bicyclic) bond motifs is 1. The molecule has 1 aliphatic carbocycles. The molecular formula is C10H12S. The van der Waals surface area contributed by atoms with Gasteiger partial charge in [-0.3, -0.25) is 0 Å². The average Bonchev–Trinajstić information content (AvgIpc) is 2.46. The molecule has 0 heterocycles. The lowest BCUT2D eigenvalue weighted by molar-refractivity contribution is 0.938. The molecule has 0 atom stereocenters. The van der Waals surface area contributed by atoms with Gasteiger partial charge in [0.25, 0.3) is 0 Å². The van der Waals surface area contributed by atoms with E-state index < -0.39 is 0 Å². The van der Waals surface area contributed by atoms with Gasteiger partial charge in [0.1, 0.15) is 0 Å². The largest absolute Gasteiger partial charge is 0.161 e. The van der Waals surface area contributed by atoms with E-state index in [1.54, 1.807) is 11.1 Å². The molecule has 1 aromatic rings. The Bertz CT molecular complexity index is 230. The first-order valence-corrected chi connectivity index (χ1v) is 5.28. The average molecular weight is 164 g/mol. The SMILES string of the molecule is CSC1Cc2ccccc2C1. The highest BCUT2D eigenvalue weighted by Crippen LogP contribution is 2.28. The fourth-order valence-electron chi connectivity index (χ4n) is 1.69. The minimum atomic E-state index is 0.840. The Morgan fingerprint density at radius 2 is 1.73 bits per heavy atom. The standard InChI is InChI=1S/C10H12S/c1-11-10-6-8-4-2-3-5-9(8)7-10/h2-5,10H,6-7H2,1H3. The van der Waals surface area contributed by atoms with Crippen molar-refractivity contribution < 1.29 is 0 Å². The zero-order chi connectivity index (χ0) is 7.68. The summed E-state index contributed by atoms with van der Waals surface area (Å²) < 4.78 is 0. The second-order valence-corrected chi connectivity index (χ2v) is 4.17. The van der Waals surface area contributed by atoms with E-state index >= 15 is 0 Å². The fraction of sp³-hybridized carbons (Fsp3) is 0.400. The van der Waals surface area contributed by atoms with E-state index in [0.717, 1.165) is 5.25 Å². The molecule has 0 saturated carbocycles. The van der Waals surface area contributed by atoms with E-state index in [0.29, 0.717) is 0 Å². The van der Waals surface area contributed by atoms with Crippen LogP contribution < -0.4 is 0 Å². The molecule has 0 aliphatic heterocycles. The molecular weight excluding hydrogens is 152 g/mol. The van der Waals surface area contributed by atoms with Crippen LogP contribution in [-0.4, -0.2) is 11.5 Å². The van der Waals surface area contributed by atoms with Crippen LogP contribution in [0.15, 0.2) is 24.3 Å². The molecule has 0 aromatic heterocycles. The first kappa shape index (κ1) is 7.23. The normalized spacial score (nSPS) is 16.8. The molecule has 0 unspecified atom stereocenters. The lowest BCUT2D eigenvalue weighted by Gasteiger charge is -2.00. The van der Waals surface area contributed by atoms with Crippen molar-refractivity contribution in [3.8, 4) is 0 Å².